The van der Waals surface area contributed by atoms with Crippen LogP contribution in [0.15, 0.2) is 52.0 Å². The zero-order valence-corrected chi connectivity index (χ0v) is 16.6. The molecule has 0 saturated heterocycles. The molecule has 1 N–H and O–H groups in total. The first-order valence-electron chi connectivity index (χ1n) is 8.52. The van der Waals surface area contributed by atoms with Crippen molar-refractivity contribution in [2.24, 2.45) is 5.10 Å². The average molecular weight is 419 g/mol. The molecular weight excluding hydrogens is 396 g/mol. The summed E-state index contributed by atoms with van der Waals surface area (Å²) in [5, 5.41) is 3.96. The Morgan fingerprint density at radius 1 is 1.19 bits per heavy atom. The van der Waals surface area contributed by atoms with Gasteiger partial charge in [-0.2, -0.15) is 5.10 Å². The Labute approximate surface area is 162 Å². The third kappa shape index (κ3) is 6.88. The van der Waals surface area contributed by atoms with Crippen molar-refractivity contribution in [3.8, 4) is 11.5 Å². The van der Waals surface area contributed by atoms with Gasteiger partial charge in [-0.25, -0.2) is 5.43 Å². The maximum atomic E-state index is 11.8. The zero-order chi connectivity index (χ0) is 18.8. The van der Waals surface area contributed by atoms with Gasteiger partial charge in [0.05, 0.1) is 23.9 Å². The van der Waals surface area contributed by atoms with Crippen LogP contribution in [-0.2, 0) is 4.79 Å². The minimum Gasteiger partial charge on any atom is -0.494 e. The van der Waals surface area contributed by atoms with Crippen LogP contribution >= 0.6 is 15.9 Å². The topological polar surface area (TPSA) is 59.9 Å². The summed E-state index contributed by atoms with van der Waals surface area (Å²) in [7, 11) is 0. The van der Waals surface area contributed by atoms with E-state index in [2.05, 4.69) is 26.5 Å². The fourth-order valence-corrected chi connectivity index (χ4v) is 2.80. The lowest BCUT2D eigenvalue weighted by atomic mass is 10.2. The lowest BCUT2D eigenvalue weighted by Gasteiger charge is -2.08. The second-order valence-corrected chi connectivity index (χ2v) is 6.54. The van der Waals surface area contributed by atoms with E-state index in [1.165, 1.54) is 0 Å². The summed E-state index contributed by atoms with van der Waals surface area (Å²) in [6, 6.07) is 13.4. The number of rotatable bonds is 9. The number of aryl methyl sites for hydroxylation is 1. The molecule has 6 heteroatoms. The van der Waals surface area contributed by atoms with Crippen molar-refractivity contribution in [3.05, 3.63) is 58.1 Å². The van der Waals surface area contributed by atoms with E-state index in [0.717, 1.165) is 27.1 Å². The number of hydrogen-bond acceptors (Lipinski definition) is 4. The Kier molecular flexibility index (Phi) is 8.15. The number of hydrazone groups is 1. The molecule has 138 valence electrons. The van der Waals surface area contributed by atoms with Crippen molar-refractivity contribution in [2.45, 2.75) is 26.7 Å². The molecule has 1 amide bonds. The van der Waals surface area contributed by atoms with Crippen LogP contribution in [-0.4, -0.2) is 25.3 Å². The molecule has 0 spiro atoms. The van der Waals surface area contributed by atoms with E-state index < -0.39 is 0 Å². The van der Waals surface area contributed by atoms with Crippen LogP contribution in [0, 0.1) is 6.92 Å². The number of hydrogen-bond donors (Lipinski definition) is 1. The zero-order valence-electron chi connectivity index (χ0n) is 15.0. The fraction of sp³-hybridized carbons (Fsp3) is 0.300. The molecule has 2 rings (SSSR count). The first-order chi connectivity index (χ1) is 12.6. The monoisotopic (exact) mass is 418 g/mol. The van der Waals surface area contributed by atoms with Crippen LogP contribution in [0.5, 0.6) is 11.5 Å². The van der Waals surface area contributed by atoms with Crippen LogP contribution < -0.4 is 14.9 Å². The minimum absolute atomic E-state index is 0.140. The highest BCUT2D eigenvalue weighted by Gasteiger charge is 2.03. The average Bonchev–Trinajstić information content (AvgIpc) is 2.62. The van der Waals surface area contributed by atoms with E-state index >= 15 is 0 Å². The Morgan fingerprint density at radius 3 is 2.65 bits per heavy atom. The Hall–Kier alpha value is -2.34. The normalized spacial score (nSPS) is 10.7. The third-order valence-corrected chi connectivity index (χ3v) is 4.11. The van der Waals surface area contributed by atoms with Crippen molar-refractivity contribution in [3.63, 3.8) is 0 Å². The highest BCUT2D eigenvalue weighted by molar-refractivity contribution is 9.10. The van der Waals surface area contributed by atoms with Crippen LogP contribution in [0.1, 0.15) is 30.9 Å². The van der Waals surface area contributed by atoms with Crippen molar-refractivity contribution in [1.82, 2.24) is 5.43 Å². The van der Waals surface area contributed by atoms with Gasteiger partial charge in [-0.3, -0.25) is 4.79 Å². The minimum atomic E-state index is -0.140. The maximum absolute atomic E-state index is 11.8. The van der Waals surface area contributed by atoms with Gasteiger partial charge in [-0.05, 0) is 83.7 Å². The van der Waals surface area contributed by atoms with Crippen LogP contribution in [0.2, 0.25) is 0 Å². The number of halogens is 1. The van der Waals surface area contributed by atoms with Gasteiger partial charge in [0, 0.05) is 6.42 Å². The molecule has 0 atom stereocenters. The Balaban J connectivity index is 1.66. The molecule has 5 nitrogen and oxygen atoms in total. The number of carbonyl (C=O) groups excluding carboxylic acids is 1. The van der Waals surface area contributed by atoms with Gasteiger partial charge in [0.2, 0.25) is 5.91 Å². The highest BCUT2D eigenvalue weighted by atomic mass is 79.9. The maximum Gasteiger partial charge on any atom is 0.240 e. The van der Waals surface area contributed by atoms with Crippen LogP contribution in [0.4, 0.5) is 0 Å². The van der Waals surface area contributed by atoms with E-state index in [9.17, 15) is 4.79 Å². The third-order valence-electron chi connectivity index (χ3n) is 3.49. The quantitative estimate of drug-likeness (QED) is 0.371. The van der Waals surface area contributed by atoms with Gasteiger partial charge >= 0.3 is 0 Å². The molecule has 2 aromatic carbocycles. The highest BCUT2D eigenvalue weighted by Crippen LogP contribution is 2.25. The number of carbonyl (C=O) groups is 1. The SMILES string of the molecule is CCOc1ccc(/C=N/NC(=O)CCCOc2ccc(C)cc2Br)cc1. The van der Waals surface area contributed by atoms with Crippen LogP contribution in [0.25, 0.3) is 0 Å². The van der Waals surface area contributed by atoms with Gasteiger partial charge in [0.25, 0.3) is 0 Å². The fourth-order valence-electron chi connectivity index (χ4n) is 2.19. The molecule has 0 aliphatic carbocycles. The van der Waals surface area contributed by atoms with Crippen molar-refractivity contribution >= 4 is 28.1 Å². The second kappa shape index (κ2) is 10.6. The summed E-state index contributed by atoms with van der Waals surface area (Å²) in [6.45, 7) is 5.06. The summed E-state index contributed by atoms with van der Waals surface area (Å²) >= 11 is 3.47. The molecule has 0 saturated carbocycles. The van der Waals surface area contributed by atoms with E-state index in [0.29, 0.717) is 26.1 Å². The molecule has 0 aliphatic rings. The Bertz CT molecular complexity index is 745. The van der Waals surface area contributed by atoms with Gasteiger partial charge in [0.1, 0.15) is 11.5 Å². The summed E-state index contributed by atoms with van der Waals surface area (Å²) in [4.78, 5) is 11.8. The molecule has 0 aromatic heterocycles. The number of amides is 1. The number of ether oxygens (including phenoxy) is 2. The summed E-state index contributed by atoms with van der Waals surface area (Å²) in [5.41, 5.74) is 4.57. The molecule has 0 unspecified atom stereocenters. The molecule has 0 bridgehead atoms. The van der Waals surface area contributed by atoms with E-state index in [4.69, 9.17) is 9.47 Å². The first kappa shape index (κ1) is 20.0. The van der Waals surface area contributed by atoms with Gasteiger partial charge in [-0.1, -0.05) is 6.07 Å². The number of nitrogens with zero attached hydrogens (tertiary/aromatic N) is 1. The lowest BCUT2D eigenvalue weighted by molar-refractivity contribution is -0.121. The first-order valence-corrected chi connectivity index (χ1v) is 9.31. The van der Waals surface area contributed by atoms with Crippen molar-refractivity contribution < 1.29 is 14.3 Å². The van der Waals surface area contributed by atoms with Gasteiger partial charge in [-0.15, -0.1) is 0 Å². The standard InChI is InChI=1S/C20H23BrN2O3/c1-3-25-17-9-7-16(8-10-17)14-22-23-20(24)5-4-12-26-19-11-6-15(2)13-18(19)21/h6-11,13-14H,3-5,12H2,1-2H3,(H,23,24)/b22-14+. The van der Waals surface area contributed by atoms with E-state index in [1.54, 1.807) is 6.21 Å². The van der Waals surface area contributed by atoms with Crippen molar-refractivity contribution in [1.29, 1.82) is 0 Å². The Morgan fingerprint density at radius 2 is 1.96 bits per heavy atom. The second-order valence-electron chi connectivity index (χ2n) is 5.68. The molecule has 2 aromatic rings. The summed E-state index contributed by atoms with van der Waals surface area (Å²) in [5.74, 6) is 1.46. The predicted octanol–water partition coefficient (Wildman–Crippen LogP) is 4.47. The molecule has 0 fully saturated rings. The molecular formula is C20H23BrN2O3. The molecule has 0 aliphatic heterocycles. The molecule has 26 heavy (non-hydrogen) atoms. The van der Waals surface area contributed by atoms with Gasteiger partial charge < -0.3 is 9.47 Å². The lowest BCUT2D eigenvalue weighted by Crippen LogP contribution is -2.18. The molecule has 0 radical (unpaired) electrons. The van der Waals surface area contributed by atoms with Gasteiger partial charge in [0.15, 0.2) is 0 Å². The van der Waals surface area contributed by atoms with Crippen LogP contribution in [0.3, 0.4) is 0 Å². The number of nitrogens with one attached hydrogen (secondary N) is 1. The summed E-state index contributed by atoms with van der Waals surface area (Å²) in [6.07, 6.45) is 2.57. The summed E-state index contributed by atoms with van der Waals surface area (Å²) < 4.78 is 12.0. The van der Waals surface area contributed by atoms with E-state index in [-0.39, 0.29) is 5.91 Å². The van der Waals surface area contributed by atoms with E-state index in [1.807, 2.05) is 56.3 Å². The predicted molar refractivity (Wildman–Crippen MR) is 107 cm³/mol. The van der Waals surface area contributed by atoms with Crippen molar-refractivity contribution in [2.75, 3.05) is 13.2 Å². The number of benzene rings is 2. The largest absolute Gasteiger partial charge is 0.494 e. The smallest absolute Gasteiger partial charge is 0.240 e. The molecule has 0 heterocycles.